The Hall–Kier alpha value is -0.830. The maximum absolute atomic E-state index is 12.2. The molecule has 0 amide bonds. The van der Waals surface area contributed by atoms with Gasteiger partial charge in [0.1, 0.15) is 0 Å². The van der Waals surface area contributed by atoms with E-state index >= 15 is 0 Å². The van der Waals surface area contributed by atoms with Crippen LogP contribution in [0.3, 0.4) is 0 Å². The molecule has 3 heteroatoms. The fourth-order valence-corrected chi connectivity index (χ4v) is 2.65. The summed E-state index contributed by atoms with van der Waals surface area (Å²) < 4.78 is 23.7. The Bertz CT molecular complexity index is 465. The van der Waals surface area contributed by atoms with Crippen LogP contribution in [0.2, 0.25) is 0 Å². The Morgan fingerprint density at radius 3 is 2.12 bits per heavy atom. The van der Waals surface area contributed by atoms with Crippen LogP contribution in [-0.4, -0.2) is 13.2 Å². The lowest BCUT2D eigenvalue weighted by atomic mass is 10.0. The summed E-state index contributed by atoms with van der Waals surface area (Å²) >= 11 is 0. The first-order valence-electron chi connectivity index (χ1n) is 5.51. The van der Waals surface area contributed by atoms with Gasteiger partial charge in [0.25, 0.3) is 0 Å². The Kier molecular flexibility index (Phi) is 3.48. The highest BCUT2D eigenvalue weighted by molar-refractivity contribution is 7.92. The molecule has 0 aliphatic rings. The van der Waals surface area contributed by atoms with Crippen molar-refractivity contribution in [2.24, 2.45) is 0 Å². The summed E-state index contributed by atoms with van der Waals surface area (Å²) in [6.07, 6.45) is 0. The van der Waals surface area contributed by atoms with Gasteiger partial charge in [0.05, 0.1) is 9.64 Å². The fourth-order valence-electron chi connectivity index (χ4n) is 1.39. The van der Waals surface area contributed by atoms with Gasteiger partial charge < -0.3 is 0 Å². The monoisotopic (exact) mass is 240 g/mol. The van der Waals surface area contributed by atoms with E-state index < -0.39 is 14.6 Å². The highest BCUT2D eigenvalue weighted by atomic mass is 32.2. The van der Waals surface area contributed by atoms with Crippen LogP contribution >= 0.6 is 0 Å². The summed E-state index contributed by atoms with van der Waals surface area (Å²) in [6.45, 7) is 9.30. The van der Waals surface area contributed by atoms with E-state index in [9.17, 15) is 8.42 Å². The first-order valence-corrected chi connectivity index (χ1v) is 6.99. The van der Waals surface area contributed by atoms with E-state index in [1.807, 2.05) is 12.1 Å². The molecule has 0 fully saturated rings. The van der Waals surface area contributed by atoms with Crippen LogP contribution < -0.4 is 0 Å². The minimum atomic E-state index is -3.23. The average Bonchev–Trinajstić information content (AvgIpc) is 2.16. The van der Waals surface area contributed by atoms with Gasteiger partial charge in [0.2, 0.25) is 0 Å². The minimum Gasteiger partial charge on any atom is -0.223 e. The summed E-state index contributed by atoms with van der Waals surface area (Å²) in [6, 6.07) is 7.23. The molecule has 0 radical (unpaired) electrons. The van der Waals surface area contributed by atoms with Crippen molar-refractivity contribution >= 4 is 9.84 Å². The normalized spacial score (nSPS) is 13.1. The number of hydrogen-bond donors (Lipinski definition) is 0. The molecule has 0 saturated carbocycles. The van der Waals surface area contributed by atoms with Gasteiger partial charge in [-0.05, 0) is 44.4 Å². The Morgan fingerprint density at radius 2 is 1.69 bits per heavy atom. The zero-order valence-electron chi connectivity index (χ0n) is 10.6. The summed E-state index contributed by atoms with van der Waals surface area (Å²) in [5.74, 6) is 0.343. The van der Waals surface area contributed by atoms with E-state index in [4.69, 9.17) is 0 Å². The summed E-state index contributed by atoms with van der Waals surface area (Å²) in [5.41, 5.74) is 1.06. The topological polar surface area (TPSA) is 34.1 Å². The molecule has 0 heterocycles. The first kappa shape index (κ1) is 13.2. The lowest BCUT2D eigenvalue weighted by molar-refractivity contribution is 0.560. The average molecular weight is 240 g/mol. The Balaban J connectivity index is 3.31. The van der Waals surface area contributed by atoms with Crippen LogP contribution in [0.15, 0.2) is 29.2 Å². The van der Waals surface area contributed by atoms with Crippen LogP contribution in [-0.2, 0) is 9.84 Å². The van der Waals surface area contributed by atoms with Crippen molar-refractivity contribution in [2.75, 3.05) is 0 Å². The van der Waals surface area contributed by atoms with Gasteiger partial charge in [-0.1, -0.05) is 26.0 Å². The van der Waals surface area contributed by atoms with E-state index in [2.05, 4.69) is 13.8 Å². The van der Waals surface area contributed by atoms with E-state index in [1.54, 1.807) is 32.9 Å². The van der Waals surface area contributed by atoms with E-state index in [1.165, 1.54) is 0 Å². The van der Waals surface area contributed by atoms with Crippen molar-refractivity contribution in [3.05, 3.63) is 29.8 Å². The van der Waals surface area contributed by atoms with Crippen molar-refractivity contribution < 1.29 is 8.42 Å². The van der Waals surface area contributed by atoms with Gasteiger partial charge >= 0.3 is 0 Å². The Morgan fingerprint density at radius 1 is 1.12 bits per heavy atom. The molecule has 2 nitrogen and oxygen atoms in total. The SMILES string of the molecule is CC(C)c1cccc(S(=O)(=O)C(C)(C)C)c1. The van der Waals surface area contributed by atoms with Gasteiger partial charge in [-0.25, -0.2) is 8.42 Å². The highest BCUT2D eigenvalue weighted by Gasteiger charge is 2.30. The molecule has 1 aromatic rings. The van der Waals surface area contributed by atoms with Crippen molar-refractivity contribution in [3.63, 3.8) is 0 Å². The zero-order chi connectivity index (χ0) is 12.6. The fraction of sp³-hybridized carbons (Fsp3) is 0.538. The minimum absolute atomic E-state index is 0.343. The molecule has 16 heavy (non-hydrogen) atoms. The predicted molar refractivity (Wildman–Crippen MR) is 67.5 cm³/mol. The third-order valence-electron chi connectivity index (χ3n) is 2.64. The van der Waals surface area contributed by atoms with Crippen LogP contribution in [0.4, 0.5) is 0 Å². The number of rotatable bonds is 2. The van der Waals surface area contributed by atoms with Gasteiger partial charge in [0.15, 0.2) is 9.84 Å². The largest absolute Gasteiger partial charge is 0.223 e. The first-order chi connectivity index (χ1) is 7.16. The summed E-state index contributed by atoms with van der Waals surface area (Å²) in [7, 11) is -3.23. The lowest BCUT2D eigenvalue weighted by Crippen LogP contribution is -2.27. The smallest absolute Gasteiger partial charge is 0.183 e. The quantitative estimate of drug-likeness (QED) is 0.794. The molecule has 0 aliphatic heterocycles. The molecule has 0 saturated heterocycles. The third-order valence-corrected chi connectivity index (χ3v) is 5.13. The molecular formula is C13H20O2S. The standard InChI is InChI=1S/C13H20O2S/c1-10(2)11-7-6-8-12(9-11)16(14,15)13(3,4)5/h6-10H,1-5H3. The second kappa shape index (κ2) is 4.21. The van der Waals surface area contributed by atoms with Gasteiger partial charge in [-0.3, -0.25) is 0 Å². The predicted octanol–water partition coefficient (Wildman–Crippen LogP) is 3.38. The van der Waals surface area contributed by atoms with Gasteiger partial charge in [0, 0.05) is 0 Å². The van der Waals surface area contributed by atoms with Gasteiger partial charge in [-0.2, -0.15) is 0 Å². The molecule has 0 atom stereocenters. The van der Waals surface area contributed by atoms with Crippen LogP contribution in [0, 0.1) is 0 Å². The van der Waals surface area contributed by atoms with Crippen LogP contribution in [0.1, 0.15) is 46.1 Å². The summed E-state index contributed by atoms with van der Waals surface area (Å²) in [5, 5.41) is 0. The zero-order valence-corrected chi connectivity index (χ0v) is 11.4. The maximum atomic E-state index is 12.2. The molecule has 0 N–H and O–H groups in total. The van der Waals surface area contributed by atoms with Crippen molar-refractivity contribution in [2.45, 2.75) is 50.2 Å². The van der Waals surface area contributed by atoms with E-state index in [-0.39, 0.29) is 0 Å². The highest BCUT2D eigenvalue weighted by Crippen LogP contribution is 2.27. The molecule has 0 bridgehead atoms. The molecule has 1 rings (SSSR count). The number of benzene rings is 1. The number of hydrogen-bond acceptors (Lipinski definition) is 2. The molecule has 90 valence electrons. The molecule has 1 aromatic carbocycles. The Labute approximate surface area is 98.6 Å². The number of sulfone groups is 1. The van der Waals surface area contributed by atoms with Crippen molar-refractivity contribution in [1.82, 2.24) is 0 Å². The molecular weight excluding hydrogens is 220 g/mol. The lowest BCUT2D eigenvalue weighted by Gasteiger charge is -2.20. The van der Waals surface area contributed by atoms with Crippen molar-refractivity contribution in [1.29, 1.82) is 0 Å². The molecule has 0 aliphatic carbocycles. The molecule has 0 spiro atoms. The van der Waals surface area contributed by atoms with Crippen LogP contribution in [0.25, 0.3) is 0 Å². The summed E-state index contributed by atoms with van der Waals surface area (Å²) in [4.78, 5) is 0.422. The third kappa shape index (κ3) is 2.46. The van der Waals surface area contributed by atoms with E-state index in [0.29, 0.717) is 10.8 Å². The van der Waals surface area contributed by atoms with Crippen LogP contribution in [0.5, 0.6) is 0 Å². The molecule has 0 unspecified atom stereocenters. The molecule has 0 aromatic heterocycles. The second-order valence-electron chi connectivity index (χ2n) is 5.34. The maximum Gasteiger partial charge on any atom is 0.183 e. The van der Waals surface area contributed by atoms with E-state index in [0.717, 1.165) is 5.56 Å². The van der Waals surface area contributed by atoms with Gasteiger partial charge in [-0.15, -0.1) is 0 Å². The second-order valence-corrected chi connectivity index (χ2v) is 8.05. The van der Waals surface area contributed by atoms with Crippen molar-refractivity contribution in [3.8, 4) is 0 Å².